The van der Waals surface area contributed by atoms with Gasteiger partial charge >= 0.3 is 5.91 Å². The Morgan fingerprint density at radius 3 is 2.64 bits per heavy atom. The molecule has 0 saturated heterocycles. The van der Waals surface area contributed by atoms with E-state index in [2.05, 4.69) is 58.3 Å². The molecule has 5 nitrogen and oxygen atoms in total. The molecule has 0 bridgehead atoms. The second kappa shape index (κ2) is 8.06. The average molecular weight is 567 g/mol. The summed E-state index contributed by atoms with van der Waals surface area (Å²) in [4.78, 5) is 12.3. The largest absolute Gasteiger partial charge is 0.455 e. The minimum atomic E-state index is -0.450. The molecular formula is C20H11Br3N2O3. The fourth-order valence-electron chi connectivity index (χ4n) is 2.62. The summed E-state index contributed by atoms with van der Waals surface area (Å²) in [5.41, 5.74) is 3.98. The number of rotatable bonds is 4. The van der Waals surface area contributed by atoms with Gasteiger partial charge in [-0.2, -0.15) is 5.10 Å². The molecule has 0 saturated carbocycles. The van der Waals surface area contributed by atoms with Crippen LogP contribution < -0.4 is 5.43 Å². The first-order valence-corrected chi connectivity index (χ1v) is 10.5. The maximum Gasteiger partial charge on any atom is 0.307 e. The predicted molar refractivity (Wildman–Crippen MR) is 119 cm³/mol. The van der Waals surface area contributed by atoms with Gasteiger partial charge in [-0.1, -0.05) is 44.0 Å². The molecule has 0 aliphatic rings. The summed E-state index contributed by atoms with van der Waals surface area (Å²) in [5, 5.41) is 4.75. The Balaban J connectivity index is 1.46. The summed E-state index contributed by atoms with van der Waals surface area (Å²) in [5.74, 6) is 0.947. The summed E-state index contributed by atoms with van der Waals surface area (Å²) >= 11 is 10.3. The molecule has 0 radical (unpaired) electrons. The van der Waals surface area contributed by atoms with Crippen molar-refractivity contribution in [3.8, 4) is 11.3 Å². The number of furan rings is 2. The highest BCUT2D eigenvalue weighted by molar-refractivity contribution is 9.11. The summed E-state index contributed by atoms with van der Waals surface area (Å²) in [7, 11) is 0. The van der Waals surface area contributed by atoms with Crippen LogP contribution in [-0.2, 0) is 0 Å². The number of hydrogen-bond donors (Lipinski definition) is 1. The van der Waals surface area contributed by atoms with Crippen molar-refractivity contribution in [1.29, 1.82) is 0 Å². The first-order chi connectivity index (χ1) is 13.5. The zero-order valence-electron chi connectivity index (χ0n) is 14.1. The van der Waals surface area contributed by atoms with Crippen LogP contribution in [0, 0.1) is 0 Å². The molecule has 1 N–H and O–H groups in total. The first kappa shape index (κ1) is 19.2. The number of hydrazone groups is 1. The maximum atomic E-state index is 12.3. The number of carbonyl (C=O) groups excluding carboxylic acids is 1. The SMILES string of the molecule is O=C(N/N=C\c1ccc(-c2cccc(Br)c2)o1)c1cc2cc(Br)cc(Br)c2o1. The molecule has 140 valence electrons. The van der Waals surface area contributed by atoms with Crippen molar-refractivity contribution >= 4 is 70.9 Å². The zero-order valence-corrected chi connectivity index (χ0v) is 18.8. The van der Waals surface area contributed by atoms with E-state index in [4.69, 9.17) is 8.83 Å². The summed E-state index contributed by atoms with van der Waals surface area (Å²) < 4.78 is 14.0. The van der Waals surface area contributed by atoms with Gasteiger partial charge in [-0.3, -0.25) is 4.79 Å². The monoisotopic (exact) mass is 564 g/mol. The highest BCUT2D eigenvalue weighted by Gasteiger charge is 2.14. The van der Waals surface area contributed by atoms with E-state index in [1.807, 2.05) is 42.5 Å². The smallest absolute Gasteiger partial charge is 0.307 e. The molecule has 2 aromatic heterocycles. The molecule has 4 aromatic rings. The van der Waals surface area contributed by atoms with Gasteiger partial charge in [-0.15, -0.1) is 0 Å². The summed E-state index contributed by atoms with van der Waals surface area (Å²) in [6.07, 6.45) is 1.44. The maximum absolute atomic E-state index is 12.3. The number of halogens is 3. The number of amides is 1. The zero-order chi connectivity index (χ0) is 19.7. The van der Waals surface area contributed by atoms with Crippen LogP contribution in [0.15, 0.2) is 82.0 Å². The molecular weight excluding hydrogens is 556 g/mol. The van der Waals surface area contributed by atoms with Crippen LogP contribution in [0.5, 0.6) is 0 Å². The molecule has 2 heterocycles. The highest BCUT2D eigenvalue weighted by Crippen LogP contribution is 2.31. The number of nitrogens with zero attached hydrogens (tertiary/aromatic N) is 1. The van der Waals surface area contributed by atoms with E-state index in [0.29, 0.717) is 17.1 Å². The lowest BCUT2D eigenvalue weighted by Gasteiger charge is -1.97. The van der Waals surface area contributed by atoms with Gasteiger partial charge in [0.2, 0.25) is 0 Å². The normalized spacial score (nSPS) is 11.4. The topological polar surface area (TPSA) is 67.7 Å². The second-order valence-electron chi connectivity index (χ2n) is 5.83. The Morgan fingerprint density at radius 2 is 1.82 bits per heavy atom. The van der Waals surface area contributed by atoms with Crippen LogP contribution in [0.2, 0.25) is 0 Å². The second-order valence-corrected chi connectivity index (χ2v) is 8.51. The highest BCUT2D eigenvalue weighted by atomic mass is 79.9. The lowest BCUT2D eigenvalue weighted by atomic mass is 10.2. The number of benzene rings is 2. The molecule has 0 unspecified atom stereocenters. The molecule has 8 heteroatoms. The van der Waals surface area contributed by atoms with Crippen molar-refractivity contribution in [3.63, 3.8) is 0 Å². The van der Waals surface area contributed by atoms with Crippen LogP contribution in [-0.4, -0.2) is 12.1 Å². The Labute approximate surface area is 185 Å². The molecule has 0 atom stereocenters. The van der Waals surface area contributed by atoms with Gasteiger partial charge in [0.05, 0.1) is 10.7 Å². The van der Waals surface area contributed by atoms with Crippen molar-refractivity contribution in [3.05, 3.63) is 79.5 Å². The minimum Gasteiger partial charge on any atom is -0.455 e. The van der Waals surface area contributed by atoms with E-state index in [1.165, 1.54) is 6.21 Å². The average Bonchev–Trinajstić information content (AvgIpc) is 3.29. The molecule has 0 fully saturated rings. The van der Waals surface area contributed by atoms with Gasteiger partial charge in [0.1, 0.15) is 17.1 Å². The first-order valence-electron chi connectivity index (χ1n) is 8.07. The van der Waals surface area contributed by atoms with Crippen LogP contribution in [0.1, 0.15) is 16.3 Å². The van der Waals surface area contributed by atoms with E-state index in [1.54, 1.807) is 12.1 Å². The molecule has 0 aliphatic carbocycles. The minimum absolute atomic E-state index is 0.167. The predicted octanol–water partition coefficient (Wildman–Crippen LogP) is 6.74. The van der Waals surface area contributed by atoms with Crippen molar-refractivity contribution in [2.75, 3.05) is 0 Å². The summed E-state index contributed by atoms with van der Waals surface area (Å²) in [6.45, 7) is 0. The standard InChI is InChI=1S/C20H11Br3N2O3/c21-13-3-1-2-11(6-13)17-5-4-15(27-17)10-24-25-20(26)18-8-12-7-14(22)9-16(23)19(12)28-18/h1-10H,(H,25,26)/b24-10-. The molecule has 28 heavy (non-hydrogen) atoms. The Morgan fingerprint density at radius 1 is 0.964 bits per heavy atom. The quantitative estimate of drug-likeness (QED) is 0.220. The molecule has 1 amide bonds. The number of hydrogen-bond acceptors (Lipinski definition) is 4. The third-order valence-corrected chi connectivity index (χ3v) is 5.39. The van der Waals surface area contributed by atoms with Crippen LogP contribution in [0.25, 0.3) is 22.3 Å². The molecule has 4 rings (SSSR count). The van der Waals surface area contributed by atoms with Crippen molar-refractivity contribution in [2.45, 2.75) is 0 Å². The van der Waals surface area contributed by atoms with Crippen molar-refractivity contribution in [1.82, 2.24) is 5.43 Å². The van der Waals surface area contributed by atoms with E-state index in [9.17, 15) is 4.79 Å². The van der Waals surface area contributed by atoms with Gasteiger partial charge < -0.3 is 8.83 Å². The lowest BCUT2D eigenvalue weighted by molar-refractivity contribution is 0.0929. The molecule has 0 aliphatic heterocycles. The third kappa shape index (κ3) is 4.14. The van der Waals surface area contributed by atoms with E-state index < -0.39 is 5.91 Å². The van der Waals surface area contributed by atoms with Crippen LogP contribution in [0.4, 0.5) is 0 Å². The Hall–Kier alpha value is -2.16. The van der Waals surface area contributed by atoms with Gasteiger partial charge in [0, 0.05) is 19.9 Å². The number of carbonyl (C=O) groups is 1. The number of fused-ring (bicyclic) bond motifs is 1. The van der Waals surface area contributed by atoms with E-state index >= 15 is 0 Å². The number of nitrogens with one attached hydrogen (secondary N) is 1. The van der Waals surface area contributed by atoms with Crippen LogP contribution >= 0.6 is 47.8 Å². The van der Waals surface area contributed by atoms with E-state index in [-0.39, 0.29) is 5.76 Å². The van der Waals surface area contributed by atoms with E-state index in [0.717, 1.165) is 24.4 Å². The van der Waals surface area contributed by atoms with Gasteiger partial charge in [0.15, 0.2) is 5.76 Å². The van der Waals surface area contributed by atoms with Crippen LogP contribution in [0.3, 0.4) is 0 Å². The Bertz CT molecular complexity index is 1210. The van der Waals surface area contributed by atoms with Gasteiger partial charge in [-0.25, -0.2) is 5.43 Å². The molecule has 2 aromatic carbocycles. The third-order valence-electron chi connectivity index (χ3n) is 3.85. The van der Waals surface area contributed by atoms with Crippen molar-refractivity contribution in [2.24, 2.45) is 5.10 Å². The van der Waals surface area contributed by atoms with Crippen molar-refractivity contribution < 1.29 is 13.6 Å². The Kier molecular flexibility index (Phi) is 5.52. The fourth-order valence-corrected chi connectivity index (χ4v) is 4.35. The van der Waals surface area contributed by atoms with Gasteiger partial charge in [-0.05, 0) is 58.4 Å². The molecule has 0 spiro atoms. The summed E-state index contributed by atoms with van der Waals surface area (Å²) in [6, 6.07) is 16.8. The van der Waals surface area contributed by atoms with Gasteiger partial charge in [0.25, 0.3) is 0 Å². The lowest BCUT2D eigenvalue weighted by Crippen LogP contribution is -2.16. The fraction of sp³-hybridized carbons (Fsp3) is 0.